The average Bonchev–Trinajstić information content (AvgIpc) is 2.21. The Labute approximate surface area is 112 Å². The molecule has 0 saturated carbocycles. The zero-order chi connectivity index (χ0) is 8.93. The maximum absolute atomic E-state index is 2.23. The van der Waals surface area contributed by atoms with Crippen LogP contribution in [0, 0.1) is 0 Å². The van der Waals surface area contributed by atoms with Gasteiger partial charge in [-0.05, 0) is 0 Å². The molecule has 2 aromatic rings. The Morgan fingerprint density at radius 1 is 0.571 bits per heavy atom. The topological polar surface area (TPSA) is 0 Å². The Morgan fingerprint density at radius 3 is 1.29 bits per heavy atom. The van der Waals surface area contributed by atoms with E-state index in [2.05, 4.69) is 60.7 Å². The molecule has 0 fully saturated rings. The van der Waals surface area contributed by atoms with Crippen LogP contribution in [0.5, 0.6) is 0 Å². The number of benzene rings is 2. The summed E-state index contributed by atoms with van der Waals surface area (Å²) in [6.07, 6.45) is 0. The van der Waals surface area contributed by atoms with E-state index in [-0.39, 0.29) is 45.6 Å². The van der Waals surface area contributed by atoms with E-state index in [0.717, 1.165) is 0 Å². The molecule has 0 aromatic heterocycles. The third-order valence-electron chi connectivity index (χ3n) is 1.77. The molecule has 2 heteroatoms. The fourth-order valence-corrected chi connectivity index (χ4v) is 3.84. The van der Waals surface area contributed by atoms with Crippen LogP contribution in [0.1, 0.15) is 0 Å². The predicted octanol–water partition coefficient (Wildman–Crippen LogP) is 2.23. The first-order valence-corrected chi connectivity index (χ1v) is 6.82. The number of halogens is 1. The van der Waals surface area contributed by atoms with E-state index in [1.54, 1.807) is 0 Å². The second-order valence-corrected chi connectivity index (χ2v) is 6.37. The van der Waals surface area contributed by atoms with Crippen molar-refractivity contribution in [2.45, 2.75) is 0 Å². The van der Waals surface area contributed by atoms with Gasteiger partial charge < -0.3 is 0 Å². The molecule has 2 aromatic carbocycles. The Bertz CT molecular complexity index is 321. The predicted molar refractivity (Wildman–Crippen MR) is 71.9 cm³/mol. The van der Waals surface area contributed by atoms with Crippen molar-refractivity contribution in [1.82, 2.24) is 0 Å². The van der Waals surface area contributed by atoms with Crippen LogP contribution in [0.3, 0.4) is 0 Å². The molecule has 2 rings (SSSR count). The Balaban J connectivity index is 0.000000980. The monoisotopic (exact) mass is 402 g/mol. The number of rotatable bonds is 2. The van der Waals surface area contributed by atoms with Gasteiger partial charge in [-0.2, -0.15) is 0 Å². The number of hydrogen-bond acceptors (Lipinski definition) is 0. The summed E-state index contributed by atoms with van der Waals surface area (Å²) in [5.74, 6) is 0. The van der Waals surface area contributed by atoms with E-state index in [1.807, 2.05) is 0 Å². The number of hydrogen-bond donors (Lipinski definition) is 0. The normalized spacial score (nSPS) is 9.14. The van der Waals surface area contributed by atoms with Crippen LogP contribution in [0.2, 0.25) is 0 Å². The quantitative estimate of drug-likeness (QED) is 0.534. The first-order chi connectivity index (χ1) is 6.45. The molecule has 0 saturated heterocycles. The molecule has 0 amide bonds. The van der Waals surface area contributed by atoms with Crippen molar-refractivity contribution in [2.24, 2.45) is 0 Å². The van der Waals surface area contributed by atoms with Crippen LogP contribution < -0.4 is 7.02 Å². The molecule has 0 nitrogen and oxygen atoms in total. The first kappa shape index (κ1) is 12.1. The zero-order valence-electron chi connectivity index (χ0n) is 7.60. The van der Waals surface area contributed by atoms with E-state index < -0.39 is 0 Å². The summed E-state index contributed by atoms with van der Waals surface area (Å²) in [5.41, 5.74) is 0. The van der Waals surface area contributed by atoms with Crippen molar-refractivity contribution in [1.29, 1.82) is 0 Å². The fraction of sp³-hybridized carbons (Fsp3) is 0. The van der Waals surface area contributed by atoms with Crippen LogP contribution in [0.4, 0.5) is 0 Å². The molecule has 70 valence electrons. The van der Waals surface area contributed by atoms with Crippen LogP contribution in [-0.4, -0.2) is 21.6 Å². The molecule has 0 bridgehead atoms. The van der Waals surface area contributed by atoms with Gasteiger partial charge in [-0.15, -0.1) is 0 Å². The summed E-state index contributed by atoms with van der Waals surface area (Å²) in [5, 5.41) is 0. The third kappa shape index (κ3) is 3.62. The zero-order valence-corrected chi connectivity index (χ0v) is 12.3. The van der Waals surface area contributed by atoms with E-state index in [4.69, 9.17) is 0 Å². The van der Waals surface area contributed by atoms with Gasteiger partial charge in [0.1, 0.15) is 0 Å². The fourth-order valence-electron chi connectivity index (χ4n) is 1.15. The van der Waals surface area contributed by atoms with Crippen molar-refractivity contribution in [3.8, 4) is 0 Å². The van der Waals surface area contributed by atoms with Crippen LogP contribution >= 0.6 is 24.0 Å². The molecule has 2 radical (unpaired) electrons. The van der Waals surface area contributed by atoms with Crippen LogP contribution in [-0.2, 0) is 0 Å². The summed E-state index contributed by atoms with van der Waals surface area (Å²) in [6, 6.07) is 21.5. The van der Waals surface area contributed by atoms with Gasteiger partial charge in [0.05, 0.1) is 0 Å². The van der Waals surface area contributed by atoms with Gasteiger partial charge in [0.15, 0.2) is 0 Å². The third-order valence-corrected chi connectivity index (χ3v) is 4.95. The molecule has 0 aliphatic heterocycles. The van der Waals surface area contributed by atoms with Crippen LogP contribution in [0.25, 0.3) is 0 Å². The van der Waals surface area contributed by atoms with Crippen molar-refractivity contribution >= 4 is 52.6 Å². The van der Waals surface area contributed by atoms with Crippen LogP contribution in [0.15, 0.2) is 60.7 Å². The summed E-state index contributed by atoms with van der Waals surface area (Å²) < 4.78 is 3.04. The summed E-state index contributed by atoms with van der Waals surface area (Å²) in [6.45, 7) is 0. The SMILES string of the molecule is [I].c1cc[c]([Sb][c]2ccccc2)cc1. The minimum atomic E-state index is -0.335. The molecular weight excluding hydrogens is 393 g/mol. The molecule has 0 atom stereocenters. The van der Waals surface area contributed by atoms with Gasteiger partial charge >= 0.3 is 89.3 Å². The average molecular weight is 403 g/mol. The first-order valence-electron chi connectivity index (χ1n) is 4.27. The van der Waals surface area contributed by atoms with Crippen molar-refractivity contribution in [3.63, 3.8) is 0 Å². The molecule has 14 heavy (non-hydrogen) atoms. The summed E-state index contributed by atoms with van der Waals surface area (Å²) in [4.78, 5) is 0. The minimum absolute atomic E-state index is 0. The van der Waals surface area contributed by atoms with E-state index >= 15 is 0 Å². The molecular formula is C12H10ISb. The second kappa shape index (κ2) is 6.47. The van der Waals surface area contributed by atoms with Gasteiger partial charge in [-0.1, -0.05) is 0 Å². The molecule has 0 aliphatic carbocycles. The van der Waals surface area contributed by atoms with Gasteiger partial charge in [0.25, 0.3) is 0 Å². The summed E-state index contributed by atoms with van der Waals surface area (Å²) in [7, 11) is 0. The van der Waals surface area contributed by atoms with Gasteiger partial charge in [0, 0.05) is 24.0 Å². The van der Waals surface area contributed by atoms with Crippen molar-refractivity contribution in [3.05, 3.63) is 60.7 Å². The molecule has 0 N–H and O–H groups in total. The molecule has 0 heterocycles. The van der Waals surface area contributed by atoms with Gasteiger partial charge in [0.2, 0.25) is 0 Å². The Hall–Kier alpha value is -0.0118. The Kier molecular flexibility index (Phi) is 5.57. The van der Waals surface area contributed by atoms with Crippen molar-refractivity contribution < 1.29 is 0 Å². The second-order valence-electron chi connectivity index (χ2n) is 2.78. The van der Waals surface area contributed by atoms with E-state index in [0.29, 0.717) is 0 Å². The molecule has 0 aliphatic rings. The van der Waals surface area contributed by atoms with Crippen molar-refractivity contribution in [2.75, 3.05) is 0 Å². The summed E-state index contributed by atoms with van der Waals surface area (Å²) >= 11 is -0.335. The molecule has 0 unspecified atom stereocenters. The Morgan fingerprint density at radius 2 is 0.929 bits per heavy atom. The molecule has 0 spiro atoms. The van der Waals surface area contributed by atoms with E-state index in [9.17, 15) is 0 Å². The standard InChI is InChI=1S/2C6H5.I.Sb/c2*1-2-4-6-5-3-1;;/h2*1-5H;;. The van der Waals surface area contributed by atoms with E-state index in [1.165, 1.54) is 7.02 Å². The maximum atomic E-state index is 2.23. The van der Waals surface area contributed by atoms with Gasteiger partial charge in [-0.3, -0.25) is 0 Å². The van der Waals surface area contributed by atoms with Gasteiger partial charge in [-0.25, -0.2) is 0 Å².